The summed E-state index contributed by atoms with van der Waals surface area (Å²) in [6.07, 6.45) is 5.33. The standard InChI is InChI=1S/C11H18O2S/c12-10(11-2-1-7-14-11)8-9-3-5-13-6-4-9/h9,11H,1-8H2. The predicted molar refractivity (Wildman–Crippen MR) is 58.6 cm³/mol. The molecule has 2 heterocycles. The van der Waals surface area contributed by atoms with Gasteiger partial charge in [-0.2, -0.15) is 11.8 Å². The molecule has 0 aromatic rings. The fourth-order valence-electron chi connectivity index (χ4n) is 2.20. The molecule has 1 atom stereocenters. The number of thioether (sulfide) groups is 1. The van der Waals surface area contributed by atoms with Crippen LogP contribution in [0, 0.1) is 5.92 Å². The molecule has 0 N–H and O–H groups in total. The van der Waals surface area contributed by atoms with Crippen LogP contribution in [0.2, 0.25) is 0 Å². The quantitative estimate of drug-likeness (QED) is 0.721. The molecular formula is C11H18O2S. The van der Waals surface area contributed by atoms with Gasteiger partial charge in [0.25, 0.3) is 0 Å². The van der Waals surface area contributed by atoms with Gasteiger partial charge in [0.2, 0.25) is 0 Å². The molecule has 14 heavy (non-hydrogen) atoms. The molecule has 0 radical (unpaired) electrons. The van der Waals surface area contributed by atoms with Crippen molar-refractivity contribution in [2.75, 3.05) is 19.0 Å². The van der Waals surface area contributed by atoms with Crippen molar-refractivity contribution in [2.45, 2.75) is 37.4 Å². The van der Waals surface area contributed by atoms with Crippen molar-refractivity contribution in [1.29, 1.82) is 0 Å². The Kier molecular flexibility index (Phi) is 3.88. The zero-order valence-corrected chi connectivity index (χ0v) is 9.35. The summed E-state index contributed by atoms with van der Waals surface area (Å²) in [7, 11) is 0. The number of Topliss-reactive ketones (excluding diaryl/α,β-unsaturated/α-hetero) is 1. The number of rotatable bonds is 3. The number of ether oxygens (including phenoxy) is 1. The first-order chi connectivity index (χ1) is 6.86. The maximum Gasteiger partial charge on any atom is 0.146 e. The van der Waals surface area contributed by atoms with Gasteiger partial charge in [0.1, 0.15) is 5.78 Å². The SMILES string of the molecule is O=C(CC1CCOCC1)C1CCCS1. The predicted octanol–water partition coefficient (Wildman–Crippen LogP) is 2.27. The molecule has 2 nitrogen and oxygen atoms in total. The average Bonchev–Trinajstić information content (AvgIpc) is 2.72. The Morgan fingerprint density at radius 2 is 2.07 bits per heavy atom. The Morgan fingerprint density at radius 3 is 2.71 bits per heavy atom. The molecule has 80 valence electrons. The number of hydrogen-bond acceptors (Lipinski definition) is 3. The molecule has 0 aliphatic carbocycles. The molecule has 3 heteroatoms. The lowest BCUT2D eigenvalue weighted by Gasteiger charge is -2.22. The van der Waals surface area contributed by atoms with Crippen LogP contribution < -0.4 is 0 Å². The van der Waals surface area contributed by atoms with E-state index in [4.69, 9.17) is 4.74 Å². The molecule has 0 bridgehead atoms. The number of carbonyl (C=O) groups excluding carboxylic acids is 1. The molecule has 0 amide bonds. The molecule has 0 aromatic heterocycles. The second-order valence-corrected chi connectivity index (χ2v) is 5.54. The van der Waals surface area contributed by atoms with Gasteiger partial charge in [-0.3, -0.25) is 4.79 Å². The summed E-state index contributed by atoms with van der Waals surface area (Å²) in [4.78, 5) is 11.9. The Morgan fingerprint density at radius 1 is 1.29 bits per heavy atom. The second-order valence-electron chi connectivity index (χ2n) is 4.23. The summed E-state index contributed by atoms with van der Waals surface area (Å²) in [5.41, 5.74) is 0. The van der Waals surface area contributed by atoms with E-state index in [1.54, 1.807) is 0 Å². The molecule has 0 spiro atoms. The van der Waals surface area contributed by atoms with Crippen LogP contribution in [0.15, 0.2) is 0 Å². The van der Waals surface area contributed by atoms with Crippen molar-refractivity contribution in [3.63, 3.8) is 0 Å². The van der Waals surface area contributed by atoms with E-state index in [-0.39, 0.29) is 0 Å². The first kappa shape index (κ1) is 10.5. The third kappa shape index (κ3) is 2.74. The molecule has 2 rings (SSSR count). The van der Waals surface area contributed by atoms with Crippen LogP contribution in [-0.2, 0) is 9.53 Å². The van der Waals surface area contributed by atoms with Crippen molar-refractivity contribution in [3.8, 4) is 0 Å². The number of hydrogen-bond donors (Lipinski definition) is 0. The first-order valence-corrected chi connectivity index (χ1v) is 6.63. The summed E-state index contributed by atoms with van der Waals surface area (Å²) < 4.78 is 5.29. The summed E-state index contributed by atoms with van der Waals surface area (Å²) >= 11 is 1.86. The first-order valence-electron chi connectivity index (χ1n) is 5.58. The van der Waals surface area contributed by atoms with E-state index in [1.165, 1.54) is 12.2 Å². The largest absolute Gasteiger partial charge is 0.381 e. The third-order valence-electron chi connectivity index (χ3n) is 3.12. The molecular weight excluding hydrogens is 196 g/mol. The average molecular weight is 214 g/mol. The van der Waals surface area contributed by atoms with E-state index in [2.05, 4.69) is 0 Å². The van der Waals surface area contributed by atoms with Crippen molar-refractivity contribution in [3.05, 3.63) is 0 Å². The highest BCUT2D eigenvalue weighted by Crippen LogP contribution is 2.30. The van der Waals surface area contributed by atoms with Gasteiger partial charge < -0.3 is 4.74 Å². The Balaban J connectivity index is 1.75. The highest BCUT2D eigenvalue weighted by molar-refractivity contribution is 8.00. The number of ketones is 1. The van der Waals surface area contributed by atoms with Gasteiger partial charge in [-0.15, -0.1) is 0 Å². The third-order valence-corrected chi connectivity index (χ3v) is 4.54. The minimum absolute atomic E-state index is 0.331. The van der Waals surface area contributed by atoms with Crippen LogP contribution in [-0.4, -0.2) is 30.0 Å². The molecule has 2 saturated heterocycles. The van der Waals surface area contributed by atoms with Crippen molar-refractivity contribution >= 4 is 17.5 Å². The van der Waals surface area contributed by atoms with Crippen LogP contribution in [0.4, 0.5) is 0 Å². The minimum Gasteiger partial charge on any atom is -0.381 e. The second kappa shape index (κ2) is 5.17. The fraction of sp³-hybridized carbons (Fsp3) is 0.909. The van der Waals surface area contributed by atoms with E-state index in [9.17, 15) is 4.79 Å². The molecule has 0 saturated carbocycles. The highest BCUT2D eigenvalue weighted by atomic mass is 32.2. The maximum atomic E-state index is 11.9. The molecule has 2 aliphatic rings. The lowest BCUT2D eigenvalue weighted by molar-refractivity contribution is -0.120. The zero-order valence-electron chi connectivity index (χ0n) is 8.54. The van der Waals surface area contributed by atoms with Crippen LogP contribution in [0.3, 0.4) is 0 Å². The van der Waals surface area contributed by atoms with Gasteiger partial charge in [-0.1, -0.05) is 0 Å². The Hall–Kier alpha value is -0.0200. The lowest BCUT2D eigenvalue weighted by Crippen LogP contribution is -2.22. The zero-order chi connectivity index (χ0) is 9.80. The van der Waals surface area contributed by atoms with E-state index in [0.29, 0.717) is 17.0 Å². The van der Waals surface area contributed by atoms with Crippen LogP contribution in [0.25, 0.3) is 0 Å². The van der Waals surface area contributed by atoms with Gasteiger partial charge >= 0.3 is 0 Å². The van der Waals surface area contributed by atoms with E-state index >= 15 is 0 Å². The van der Waals surface area contributed by atoms with Gasteiger partial charge in [0, 0.05) is 19.6 Å². The van der Waals surface area contributed by atoms with E-state index < -0.39 is 0 Å². The minimum atomic E-state index is 0.331. The molecule has 2 fully saturated rings. The molecule has 1 unspecified atom stereocenters. The van der Waals surface area contributed by atoms with Gasteiger partial charge in [-0.05, 0) is 37.4 Å². The summed E-state index contributed by atoms with van der Waals surface area (Å²) in [6, 6.07) is 0. The van der Waals surface area contributed by atoms with Gasteiger partial charge in [0.05, 0.1) is 5.25 Å². The van der Waals surface area contributed by atoms with Crippen LogP contribution in [0.5, 0.6) is 0 Å². The summed E-state index contributed by atoms with van der Waals surface area (Å²) in [5, 5.41) is 0.331. The van der Waals surface area contributed by atoms with Gasteiger partial charge in [0.15, 0.2) is 0 Å². The molecule has 2 aliphatic heterocycles. The molecule has 0 aromatic carbocycles. The Bertz CT molecular complexity index is 193. The highest BCUT2D eigenvalue weighted by Gasteiger charge is 2.26. The lowest BCUT2D eigenvalue weighted by atomic mass is 9.93. The van der Waals surface area contributed by atoms with Crippen molar-refractivity contribution in [2.24, 2.45) is 5.92 Å². The number of carbonyl (C=O) groups is 1. The smallest absolute Gasteiger partial charge is 0.146 e. The normalized spacial score (nSPS) is 29.3. The van der Waals surface area contributed by atoms with Gasteiger partial charge in [-0.25, -0.2) is 0 Å². The van der Waals surface area contributed by atoms with Crippen LogP contribution >= 0.6 is 11.8 Å². The maximum absolute atomic E-state index is 11.9. The Labute approximate surface area is 89.8 Å². The fourth-order valence-corrected chi connectivity index (χ4v) is 3.43. The van der Waals surface area contributed by atoms with Crippen molar-refractivity contribution < 1.29 is 9.53 Å². The van der Waals surface area contributed by atoms with Crippen LogP contribution in [0.1, 0.15) is 32.1 Å². The van der Waals surface area contributed by atoms with E-state index in [1.807, 2.05) is 11.8 Å². The van der Waals surface area contributed by atoms with E-state index in [0.717, 1.165) is 38.9 Å². The van der Waals surface area contributed by atoms with Crippen molar-refractivity contribution in [1.82, 2.24) is 0 Å². The topological polar surface area (TPSA) is 26.3 Å². The summed E-state index contributed by atoms with van der Waals surface area (Å²) in [5.74, 6) is 2.29. The summed E-state index contributed by atoms with van der Waals surface area (Å²) in [6.45, 7) is 1.71. The monoisotopic (exact) mass is 214 g/mol.